The molecule has 0 atom stereocenters. The van der Waals surface area contributed by atoms with Gasteiger partial charge in [0, 0.05) is 59.3 Å². The highest BCUT2D eigenvalue weighted by atomic mass is 16.6. The SMILES string of the molecule is Cc1nonc1N1CCN(C(=O)C2CCN(C(=O)N(C)C)CC2)CC1. The van der Waals surface area contributed by atoms with Crippen LogP contribution in [0.25, 0.3) is 0 Å². The number of likely N-dealkylation sites (tertiary alicyclic amines) is 1. The van der Waals surface area contributed by atoms with E-state index in [0.717, 1.165) is 37.4 Å². The number of hydrogen-bond acceptors (Lipinski definition) is 6. The predicted molar refractivity (Wildman–Crippen MR) is 91.2 cm³/mol. The molecule has 0 saturated carbocycles. The third kappa shape index (κ3) is 3.69. The summed E-state index contributed by atoms with van der Waals surface area (Å²) in [5.74, 6) is 1.00. The Balaban J connectivity index is 1.49. The Morgan fingerprint density at radius 2 is 1.64 bits per heavy atom. The quantitative estimate of drug-likeness (QED) is 0.768. The molecule has 2 fully saturated rings. The van der Waals surface area contributed by atoms with Gasteiger partial charge in [0.1, 0.15) is 5.69 Å². The molecule has 0 bridgehead atoms. The van der Waals surface area contributed by atoms with Crippen LogP contribution >= 0.6 is 0 Å². The van der Waals surface area contributed by atoms with Gasteiger partial charge in [-0.2, -0.15) is 0 Å². The summed E-state index contributed by atoms with van der Waals surface area (Å²) >= 11 is 0. The van der Waals surface area contributed by atoms with E-state index in [0.29, 0.717) is 26.2 Å². The van der Waals surface area contributed by atoms with Crippen LogP contribution in [0.4, 0.5) is 10.6 Å². The van der Waals surface area contributed by atoms with Crippen molar-refractivity contribution in [2.75, 3.05) is 58.3 Å². The first-order chi connectivity index (χ1) is 12.0. The average Bonchev–Trinajstić information content (AvgIpc) is 3.06. The molecule has 0 unspecified atom stereocenters. The summed E-state index contributed by atoms with van der Waals surface area (Å²) < 4.78 is 4.76. The van der Waals surface area contributed by atoms with Crippen molar-refractivity contribution in [3.63, 3.8) is 0 Å². The van der Waals surface area contributed by atoms with E-state index in [9.17, 15) is 9.59 Å². The van der Waals surface area contributed by atoms with Gasteiger partial charge in [-0.3, -0.25) is 4.79 Å². The number of piperazine rings is 1. The molecule has 9 nitrogen and oxygen atoms in total. The fourth-order valence-corrected chi connectivity index (χ4v) is 3.51. The largest absolute Gasteiger partial charge is 0.349 e. The van der Waals surface area contributed by atoms with Crippen LogP contribution in [0.15, 0.2) is 4.63 Å². The van der Waals surface area contributed by atoms with Crippen molar-refractivity contribution in [1.29, 1.82) is 0 Å². The van der Waals surface area contributed by atoms with E-state index < -0.39 is 0 Å². The number of urea groups is 1. The number of anilines is 1. The van der Waals surface area contributed by atoms with Gasteiger partial charge in [0.2, 0.25) is 5.91 Å². The summed E-state index contributed by atoms with van der Waals surface area (Å²) in [5.41, 5.74) is 0.776. The summed E-state index contributed by atoms with van der Waals surface area (Å²) in [5, 5.41) is 7.74. The molecule has 2 saturated heterocycles. The van der Waals surface area contributed by atoms with Gasteiger partial charge in [0.15, 0.2) is 5.82 Å². The maximum atomic E-state index is 12.8. The Hall–Kier alpha value is -2.32. The molecule has 138 valence electrons. The van der Waals surface area contributed by atoms with E-state index >= 15 is 0 Å². The van der Waals surface area contributed by atoms with Crippen LogP contribution in [-0.4, -0.2) is 90.3 Å². The molecule has 0 spiro atoms. The van der Waals surface area contributed by atoms with Gasteiger partial charge in [-0.15, -0.1) is 0 Å². The van der Waals surface area contributed by atoms with E-state index in [2.05, 4.69) is 15.2 Å². The second-order valence-corrected chi connectivity index (χ2v) is 6.92. The standard InChI is InChI=1S/C16H26N6O3/c1-12-14(18-25-17-12)20-8-10-21(11-9-20)15(23)13-4-6-22(7-5-13)16(24)19(2)3/h13H,4-11H2,1-3H3. The van der Waals surface area contributed by atoms with Crippen LogP contribution in [-0.2, 0) is 4.79 Å². The van der Waals surface area contributed by atoms with E-state index in [1.54, 1.807) is 19.0 Å². The third-order valence-electron chi connectivity index (χ3n) is 5.02. The summed E-state index contributed by atoms with van der Waals surface area (Å²) in [6.07, 6.45) is 1.48. The molecule has 2 aliphatic heterocycles. The van der Waals surface area contributed by atoms with Crippen molar-refractivity contribution in [2.24, 2.45) is 5.92 Å². The van der Waals surface area contributed by atoms with Crippen LogP contribution in [0.2, 0.25) is 0 Å². The molecular formula is C16H26N6O3. The number of carbonyl (C=O) groups excluding carboxylic acids is 2. The Morgan fingerprint density at radius 1 is 1.00 bits per heavy atom. The molecule has 3 amide bonds. The minimum absolute atomic E-state index is 0.0215. The zero-order valence-corrected chi connectivity index (χ0v) is 15.1. The van der Waals surface area contributed by atoms with Crippen LogP contribution in [0, 0.1) is 12.8 Å². The molecule has 0 N–H and O–H groups in total. The molecule has 1 aromatic rings. The molecule has 9 heteroatoms. The molecule has 1 aromatic heterocycles. The third-order valence-corrected chi connectivity index (χ3v) is 5.02. The summed E-state index contributed by atoms with van der Waals surface area (Å²) in [6.45, 7) is 6.00. The Morgan fingerprint density at radius 3 is 2.16 bits per heavy atom. The monoisotopic (exact) mass is 350 g/mol. The molecule has 25 heavy (non-hydrogen) atoms. The van der Waals surface area contributed by atoms with E-state index in [4.69, 9.17) is 4.63 Å². The van der Waals surface area contributed by atoms with Gasteiger partial charge in [-0.1, -0.05) is 5.16 Å². The highest BCUT2D eigenvalue weighted by Gasteiger charge is 2.32. The van der Waals surface area contributed by atoms with Crippen molar-refractivity contribution in [3.05, 3.63) is 5.69 Å². The van der Waals surface area contributed by atoms with E-state index in [1.807, 2.05) is 16.7 Å². The van der Waals surface area contributed by atoms with Crippen molar-refractivity contribution >= 4 is 17.8 Å². The molecule has 3 heterocycles. The number of aryl methyl sites for hydroxylation is 1. The summed E-state index contributed by atoms with van der Waals surface area (Å²) in [7, 11) is 3.51. The molecule has 0 radical (unpaired) electrons. The van der Waals surface area contributed by atoms with Crippen molar-refractivity contribution < 1.29 is 14.2 Å². The second-order valence-electron chi connectivity index (χ2n) is 6.92. The number of hydrogen-bond donors (Lipinski definition) is 0. The number of aromatic nitrogens is 2. The lowest BCUT2D eigenvalue weighted by atomic mass is 9.95. The molecular weight excluding hydrogens is 324 g/mol. The van der Waals surface area contributed by atoms with Gasteiger partial charge >= 0.3 is 6.03 Å². The van der Waals surface area contributed by atoms with Gasteiger partial charge in [0.25, 0.3) is 0 Å². The predicted octanol–water partition coefficient (Wildman–Crippen LogP) is 0.420. The van der Waals surface area contributed by atoms with Gasteiger partial charge in [-0.05, 0) is 24.9 Å². The molecule has 3 rings (SSSR count). The molecule has 0 aromatic carbocycles. The average molecular weight is 350 g/mol. The minimum Gasteiger partial charge on any atom is -0.349 e. The Bertz CT molecular complexity index is 615. The number of piperidine rings is 1. The maximum Gasteiger partial charge on any atom is 0.319 e. The second kappa shape index (κ2) is 7.28. The van der Waals surface area contributed by atoms with Crippen molar-refractivity contribution in [1.82, 2.24) is 25.0 Å². The van der Waals surface area contributed by atoms with Crippen LogP contribution in [0.1, 0.15) is 18.5 Å². The maximum absolute atomic E-state index is 12.8. The number of carbonyl (C=O) groups is 2. The van der Waals surface area contributed by atoms with E-state index in [1.165, 1.54) is 0 Å². The lowest BCUT2D eigenvalue weighted by molar-refractivity contribution is -0.137. The van der Waals surface area contributed by atoms with Gasteiger partial charge < -0.3 is 19.6 Å². The fraction of sp³-hybridized carbons (Fsp3) is 0.750. The first kappa shape index (κ1) is 17.5. The Labute approximate surface area is 147 Å². The highest BCUT2D eigenvalue weighted by molar-refractivity contribution is 5.80. The zero-order valence-electron chi connectivity index (χ0n) is 15.1. The first-order valence-electron chi connectivity index (χ1n) is 8.76. The first-order valence-corrected chi connectivity index (χ1v) is 8.76. The van der Waals surface area contributed by atoms with Crippen LogP contribution in [0.3, 0.4) is 0 Å². The lowest BCUT2D eigenvalue weighted by Gasteiger charge is -2.38. The summed E-state index contributed by atoms with van der Waals surface area (Å²) in [6, 6.07) is 0.0242. The zero-order chi connectivity index (χ0) is 18.0. The van der Waals surface area contributed by atoms with Crippen LogP contribution in [0.5, 0.6) is 0 Å². The van der Waals surface area contributed by atoms with Crippen LogP contribution < -0.4 is 4.90 Å². The van der Waals surface area contributed by atoms with Gasteiger partial charge in [-0.25, -0.2) is 9.42 Å². The normalized spacial score (nSPS) is 19.2. The number of amides is 3. The number of nitrogens with zero attached hydrogens (tertiary/aromatic N) is 6. The topological polar surface area (TPSA) is 86.0 Å². The molecule has 2 aliphatic rings. The van der Waals surface area contributed by atoms with Crippen molar-refractivity contribution in [3.8, 4) is 0 Å². The fourth-order valence-electron chi connectivity index (χ4n) is 3.51. The number of rotatable bonds is 2. The summed E-state index contributed by atoms with van der Waals surface area (Å²) in [4.78, 5) is 32.2. The van der Waals surface area contributed by atoms with Gasteiger partial charge in [0.05, 0.1) is 0 Å². The Kier molecular flexibility index (Phi) is 5.10. The molecule has 0 aliphatic carbocycles. The van der Waals surface area contributed by atoms with Crippen molar-refractivity contribution in [2.45, 2.75) is 19.8 Å². The highest BCUT2D eigenvalue weighted by Crippen LogP contribution is 2.22. The minimum atomic E-state index is 0.0215. The smallest absolute Gasteiger partial charge is 0.319 e. The lowest BCUT2D eigenvalue weighted by Crippen LogP contribution is -2.52. The van der Waals surface area contributed by atoms with E-state index in [-0.39, 0.29) is 17.9 Å².